The van der Waals surface area contributed by atoms with E-state index in [1.807, 2.05) is 0 Å². The van der Waals surface area contributed by atoms with E-state index < -0.39 is 0 Å². The van der Waals surface area contributed by atoms with E-state index in [4.69, 9.17) is 11.6 Å². The van der Waals surface area contributed by atoms with Crippen LogP contribution in [-0.2, 0) is 12.3 Å². The van der Waals surface area contributed by atoms with Crippen LogP contribution in [0.2, 0.25) is 0 Å². The lowest BCUT2D eigenvalue weighted by Crippen LogP contribution is -1.87. The molecule has 0 aliphatic rings. The Kier molecular flexibility index (Phi) is 3.96. The van der Waals surface area contributed by atoms with Crippen molar-refractivity contribution in [3.05, 3.63) is 29.3 Å². The standard InChI is InChI=1S/C10H13ClS/c1-3-9-6-8(7-11)4-5-10(9)12-2/h4-6H,3,7H2,1-2H3. The number of hydrogen-bond acceptors (Lipinski definition) is 1. The molecule has 0 atom stereocenters. The van der Waals surface area contributed by atoms with Crippen LogP contribution in [0.25, 0.3) is 0 Å². The third-order valence-electron chi connectivity index (χ3n) is 1.88. The molecule has 0 spiro atoms. The monoisotopic (exact) mass is 200 g/mol. The molecule has 0 unspecified atom stereocenters. The van der Waals surface area contributed by atoms with Crippen molar-refractivity contribution in [1.82, 2.24) is 0 Å². The van der Waals surface area contributed by atoms with Crippen LogP contribution in [0.4, 0.5) is 0 Å². The van der Waals surface area contributed by atoms with Crippen molar-refractivity contribution in [2.24, 2.45) is 0 Å². The molecule has 0 heterocycles. The Morgan fingerprint density at radius 1 is 1.42 bits per heavy atom. The first-order valence-electron chi connectivity index (χ1n) is 4.03. The van der Waals surface area contributed by atoms with E-state index in [9.17, 15) is 0 Å². The van der Waals surface area contributed by atoms with Crippen molar-refractivity contribution >= 4 is 23.4 Å². The zero-order valence-electron chi connectivity index (χ0n) is 7.43. The largest absolute Gasteiger partial charge is 0.129 e. The molecule has 0 bridgehead atoms. The van der Waals surface area contributed by atoms with Gasteiger partial charge in [-0.05, 0) is 29.9 Å². The van der Waals surface area contributed by atoms with E-state index in [1.54, 1.807) is 11.8 Å². The van der Waals surface area contributed by atoms with Crippen LogP contribution in [0.3, 0.4) is 0 Å². The van der Waals surface area contributed by atoms with E-state index >= 15 is 0 Å². The lowest BCUT2D eigenvalue weighted by Gasteiger charge is -2.05. The summed E-state index contributed by atoms with van der Waals surface area (Å²) in [7, 11) is 0. The normalized spacial score (nSPS) is 10.2. The number of benzene rings is 1. The molecule has 1 rings (SSSR count). The van der Waals surface area contributed by atoms with Crippen LogP contribution in [0, 0.1) is 0 Å². The van der Waals surface area contributed by atoms with Gasteiger partial charge < -0.3 is 0 Å². The summed E-state index contributed by atoms with van der Waals surface area (Å²) in [5, 5.41) is 0. The van der Waals surface area contributed by atoms with Crippen LogP contribution < -0.4 is 0 Å². The molecule has 0 saturated heterocycles. The van der Waals surface area contributed by atoms with E-state index in [0.717, 1.165) is 6.42 Å². The third-order valence-corrected chi connectivity index (χ3v) is 3.03. The predicted molar refractivity (Wildman–Crippen MR) is 57.2 cm³/mol. The van der Waals surface area contributed by atoms with Gasteiger partial charge in [-0.2, -0.15) is 0 Å². The number of alkyl halides is 1. The minimum atomic E-state index is 0.613. The fraction of sp³-hybridized carbons (Fsp3) is 0.400. The lowest BCUT2D eigenvalue weighted by atomic mass is 10.1. The molecule has 0 saturated carbocycles. The van der Waals surface area contributed by atoms with Gasteiger partial charge in [-0.1, -0.05) is 19.1 Å². The highest BCUT2D eigenvalue weighted by atomic mass is 35.5. The van der Waals surface area contributed by atoms with E-state index in [0.29, 0.717) is 5.88 Å². The van der Waals surface area contributed by atoms with Crippen LogP contribution in [0.5, 0.6) is 0 Å². The summed E-state index contributed by atoms with van der Waals surface area (Å²) in [6, 6.07) is 6.44. The minimum Gasteiger partial charge on any atom is -0.129 e. The molecule has 12 heavy (non-hydrogen) atoms. The lowest BCUT2D eigenvalue weighted by molar-refractivity contribution is 1.07. The fourth-order valence-corrected chi connectivity index (χ4v) is 2.03. The molecule has 0 nitrogen and oxygen atoms in total. The zero-order valence-corrected chi connectivity index (χ0v) is 9.00. The molecule has 1 aromatic rings. The average Bonchev–Trinajstić information content (AvgIpc) is 2.16. The number of rotatable bonds is 3. The Balaban J connectivity index is 3.02. The van der Waals surface area contributed by atoms with Crippen LogP contribution in [0.15, 0.2) is 23.1 Å². The smallest absolute Gasteiger partial charge is 0.0474 e. The molecule has 2 heteroatoms. The molecule has 66 valence electrons. The van der Waals surface area contributed by atoms with Crippen molar-refractivity contribution in [2.75, 3.05) is 6.26 Å². The highest BCUT2D eigenvalue weighted by Crippen LogP contribution is 2.22. The number of hydrogen-bond donors (Lipinski definition) is 0. The molecule has 1 aromatic carbocycles. The topological polar surface area (TPSA) is 0 Å². The van der Waals surface area contributed by atoms with Crippen molar-refractivity contribution in [3.8, 4) is 0 Å². The van der Waals surface area contributed by atoms with E-state index in [2.05, 4.69) is 31.4 Å². The Hall–Kier alpha value is -0.140. The first-order chi connectivity index (χ1) is 5.81. The molecular weight excluding hydrogens is 188 g/mol. The van der Waals surface area contributed by atoms with Crippen molar-refractivity contribution in [2.45, 2.75) is 24.1 Å². The first-order valence-corrected chi connectivity index (χ1v) is 5.79. The Bertz CT molecular complexity index is 258. The van der Waals surface area contributed by atoms with Gasteiger partial charge in [-0.25, -0.2) is 0 Å². The molecule has 0 aromatic heterocycles. The fourth-order valence-electron chi connectivity index (χ4n) is 1.19. The van der Waals surface area contributed by atoms with Crippen LogP contribution in [-0.4, -0.2) is 6.26 Å². The van der Waals surface area contributed by atoms with Gasteiger partial charge in [-0.15, -0.1) is 23.4 Å². The number of thioether (sulfide) groups is 1. The third kappa shape index (κ3) is 2.18. The zero-order chi connectivity index (χ0) is 8.97. The Morgan fingerprint density at radius 2 is 2.17 bits per heavy atom. The van der Waals surface area contributed by atoms with Crippen LogP contribution >= 0.6 is 23.4 Å². The van der Waals surface area contributed by atoms with Crippen molar-refractivity contribution < 1.29 is 0 Å². The summed E-state index contributed by atoms with van der Waals surface area (Å²) < 4.78 is 0. The second kappa shape index (κ2) is 4.78. The second-order valence-electron chi connectivity index (χ2n) is 2.63. The van der Waals surface area contributed by atoms with Gasteiger partial charge in [0.1, 0.15) is 0 Å². The molecule has 0 aliphatic heterocycles. The SMILES string of the molecule is CCc1cc(CCl)ccc1SC. The molecular formula is C10H13ClS. The predicted octanol–water partition coefficient (Wildman–Crippen LogP) is 3.71. The maximum atomic E-state index is 5.74. The molecule has 0 amide bonds. The van der Waals surface area contributed by atoms with E-state index in [-0.39, 0.29) is 0 Å². The van der Waals surface area contributed by atoms with Gasteiger partial charge in [0.2, 0.25) is 0 Å². The van der Waals surface area contributed by atoms with Gasteiger partial charge in [0.05, 0.1) is 0 Å². The molecule has 0 radical (unpaired) electrons. The van der Waals surface area contributed by atoms with Gasteiger partial charge in [-0.3, -0.25) is 0 Å². The highest BCUT2D eigenvalue weighted by molar-refractivity contribution is 7.98. The van der Waals surface area contributed by atoms with E-state index in [1.165, 1.54) is 16.0 Å². The number of halogens is 1. The van der Waals surface area contributed by atoms with Gasteiger partial charge in [0.25, 0.3) is 0 Å². The van der Waals surface area contributed by atoms with Gasteiger partial charge >= 0.3 is 0 Å². The number of aryl methyl sites for hydroxylation is 1. The maximum Gasteiger partial charge on any atom is 0.0474 e. The summed E-state index contributed by atoms with van der Waals surface area (Å²) in [6.07, 6.45) is 3.19. The summed E-state index contributed by atoms with van der Waals surface area (Å²) in [5.41, 5.74) is 2.62. The minimum absolute atomic E-state index is 0.613. The van der Waals surface area contributed by atoms with Gasteiger partial charge in [0, 0.05) is 10.8 Å². The van der Waals surface area contributed by atoms with Gasteiger partial charge in [0.15, 0.2) is 0 Å². The van der Waals surface area contributed by atoms with Crippen molar-refractivity contribution in [1.29, 1.82) is 0 Å². The van der Waals surface area contributed by atoms with Crippen molar-refractivity contribution in [3.63, 3.8) is 0 Å². The quantitative estimate of drug-likeness (QED) is 0.530. The Labute approximate surface area is 83.3 Å². The Morgan fingerprint density at radius 3 is 2.67 bits per heavy atom. The molecule has 0 aliphatic carbocycles. The first kappa shape index (κ1) is 9.94. The average molecular weight is 201 g/mol. The maximum absolute atomic E-state index is 5.74. The summed E-state index contributed by atoms with van der Waals surface area (Å²) >= 11 is 7.54. The van der Waals surface area contributed by atoms with Crippen LogP contribution in [0.1, 0.15) is 18.1 Å². The second-order valence-corrected chi connectivity index (χ2v) is 3.75. The summed E-state index contributed by atoms with van der Waals surface area (Å²) in [6.45, 7) is 2.17. The molecule has 0 fully saturated rings. The summed E-state index contributed by atoms with van der Waals surface area (Å²) in [5.74, 6) is 0.613. The summed E-state index contributed by atoms with van der Waals surface area (Å²) in [4.78, 5) is 1.37. The highest BCUT2D eigenvalue weighted by Gasteiger charge is 1.99. The molecule has 0 N–H and O–H groups in total.